The summed E-state index contributed by atoms with van der Waals surface area (Å²) in [6.45, 7) is 4.72. The second-order valence-electron chi connectivity index (χ2n) is 4.13. The maximum atomic E-state index is 11.0. The SMILES string of the molecule is CC(=O)OCC(c1ccccc1)C(C)OC(C)=O. The van der Waals surface area contributed by atoms with Crippen molar-refractivity contribution in [3.63, 3.8) is 0 Å². The van der Waals surface area contributed by atoms with E-state index in [1.165, 1.54) is 13.8 Å². The summed E-state index contributed by atoms with van der Waals surface area (Å²) in [5, 5.41) is 0. The fourth-order valence-electron chi connectivity index (χ4n) is 1.75. The van der Waals surface area contributed by atoms with Crippen molar-refractivity contribution in [2.45, 2.75) is 32.8 Å². The van der Waals surface area contributed by atoms with Crippen molar-refractivity contribution in [1.82, 2.24) is 0 Å². The molecular weight excluding hydrogens is 232 g/mol. The first-order chi connectivity index (χ1) is 8.50. The van der Waals surface area contributed by atoms with Gasteiger partial charge in [-0.05, 0) is 12.5 Å². The van der Waals surface area contributed by atoms with Crippen LogP contribution < -0.4 is 0 Å². The van der Waals surface area contributed by atoms with E-state index in [4.69, 9.17) is 9.47 Å². The topological polar surface area (TPSA) is 52.6 Å². The van der Waals surface area contributed by atoms with Crippen LogP contribution in [0.25, 0.3) is 0 Å². The Bertz CT molecular complexity index is 400. The molecule has 4 heteroatoms. The van der Waals surface area contributed by atoms with Gasteiger partial charge in [0.25, 0.3) is 0 Å². The standard InChI is InChI=1S/C14H18O4/c1-10(18-12(3)16)14(9-17-11(2)15)13-7-5-4-6-8-13/h4-8,10,14H,9H2,1-3H3. The molecule has 0 aliphatic heterocycles. The third kappa shape index (κ3) is 4.57. The highest BCUT2D eigenvalue weighted by atomic mass is 16.6. The quantitative estimate of drug-likeness (QED) is 0.752. The average Bonchev–Trinajstić information content (AvgIpc) is 2.29. The van der Waals surface area contributed by atoms with Crippen molar-refractivity contribution >= 4 is 11.9 Å². The summed E-state index contributed by atoms with van der Waals surface area (Å²) in [6.07, 6.45) is -0.343. The van der Waals surface area contributed by atoms with Crippen LogP contribution in [0.2, 0.25) is 0 Å². The number of hydrogen-bond donors (Lipinski definition) is 0. The molecule has 98 valence electrons. The number of carbonyl (C=O) groups excluding carboxylic acids is 2. The van der Waals surface area contributed by atoms with Crippen LogP contribution in [0.15, 0.2) is 30.3 Å². The van der Waals surface area contributed by atoms with E-state index >= 15 is 0 Å². The maximum absolute atomic E-state index is 11.0. The number of carbonyl (C=O) groups is 2. The normalized spacial score (nSPS) is 13.5. The van der Waals surface area contributed by atoms with Gasteiger partial charge in [0.1, 0.15) is 12.7 Å². The second-order valence-corrected chi connectivity index (χ2v) is 4.13. The van der Waals surface area contributed by atoms with Crippen molar-refractivity contribution in [1.29, 1.82) is 0 Å². The van der Waals surface area contributed by atoms with Crippen LogP contribution in [-0.4, -0.2) is 24.6 Å². The molecule has 0 aliphatic rings. The van der Waals surface area contributed by atoms with E-state index in [1.54, 1.807) is 6.92 Å². The van der Waals surface area contributed by atoms with E-state index in [2.05, 4.69) is 0 Å². The first-order valence-electron chi connectivity index (χ1n) is 5.86. The number of benzene rings is 1. The van der Waals surface area contributed by atoms with E-state index in [1.807, 2.05) is 30.3 Å². The van der Waals surface area contributed by atoms with E-state index in [-0.39, 0.29) is 30.6 Å². The molecule has 4 nitrogen and oxygen atoms in total. The van der Waals surface area contributed by atoms with E-state index in [0.717, 1.165) is 5.56 Å². The molecule has 2 atom stereocenters. The highest BCUT2D eigenvalue weighted by molar-refractivity contribution is 5.66. The molecule has 0 aliphatic carbocycles. The number of rotatable bonds is 5. The maximum Gasteiger partial charge on any atom is 0.302 e. The molecule has 0 saturated carbocycles. The molecule has 0 bridgehead atoms. The van der Waals surface area contributed by atoms with Gasteiger partial charge in [-0.25, -0.2) is 0 Å². The van der Waals surface area contributed by atoms with Crippen LogP contribution in [0.5, 0.6) is 0 Å². The van der Waals surface area contributed by atoms with Crippen LogP contribution in [0.3, 0.4) is 0 Å². The summed E-state index contributed by atoms with van der Waals surface area (Å²) < 4.78 is 10.2. The largest absolute Gasteiger partial charge is 0.465 e. The average molecular weight is 250 g/mol. The lowest BCUT2D eigenvalue weighted by molar-refractivity contribution is -0.149. The van der Waals surface area contributed by atoms with Gasteiger partial charge < -0.3 is 9.47 Å². The number of hydrogen-bond acceptors (Lipinski definition) is 4. The zero-order chi connectivity index (χ0) is 13.5. The van der Waals surface area contributed by atoms with Crippen molar-refractivity contribution < 1.29 is 19.1 Å². The van der Waals surface area contributed by atoms with Crippen molar-refractivity contribution in [2.24, 2.45) is 0 Å². The molecule has 1 rings (SSSR count). The zero-order valence-electron chi connectivity index (χ0n) is 10.9. The Balaban J connectivity index is 2.80. The van der Waals surface area contributed by atoms with Crippen molar-refractivity contribution in [2.75, 3.05) is 6.61 Å². The second kappa shape index (κ2) is 6.79. The summed E-state index contributed by atoms with van der Waals surface area (Å²) in [5.41, 5.74) is 0.979. The Morgan fingerprint density at radius 2 is 1.72 bits per heavy atom. The molecule has 0 N–H and O–H groups in total. The first-order valence-corrected chi connectivity index (χ1v) is 5.86. The molecule has 0 aromatic heterocycles. The predicted molar refractivity (Wildman–Crippen MR) is 67.0 cm³/mol. The van der Waals surface area contributed by atoms with Gasteiger partial charge in [0.2, 0.25) is 0 Å². The molecule has 18 heavy (non-hydrogen) atoms. The van der Waals surface area contributed by atoms with E-state index in [9.17, 15) is 9.59 Å². The smallest absolute Gasteiger partial charge is 0.302 e. The molecule has 2 unspecified atom stereocenters. The molecule has 0 radical (unpaired) electrons. The lowest BCUT2D eigenvalue weighted by atomic mass is 9.95. The minimum atomic E-state index is -0.343. The summed E-state index contributed by atoms with van der Waals surface area (Å²) in [4.78, 5) is 21.9. The van der Waals surface area contributed by atoms with Gasteiger partial charge >= 0.3 is 11.9 Å². The van der Waals surface area contributed by atoms with Crippen molar-refractivity contribution in [3.05, 3.63) is 35.9 Å². The Labute approximate surface area is 107 Å². The molecule has 1 aromatic rings. The number of ether oxygens (including phenoxy) is 2. The van der Waals surface area contributed by atoms with Gasteiger partial charge in [-0.15, -0.1) is 0 Å². The minimum absolute atomic E-state index is 0.154. The first kappa shape index (κ1) is 14.2. The van der Waals surface area contributed by atoms with Gasteiger partial charge in [0, 0.05) is 13.8 Å². The Morgan fingerprint density at radius 3 is 2.22 bits per heavy atom. The fraction of sp³-hybridized carbons (Fsp3) is 0.429. The molecule has 1 aromatic carbocycles. The highest BCUT2D eigenvalue weighted by Gasteiger charge is 2.23. The number of esters is 2. The fourth-order valence-corrected chi connectivity index (χ4v) is 1.75. The summed E-state index contributed by atoms with van der Waals surface area (Å²) in [7, 11) is 0. The molecular formula is C14H18O4. The van der Waals surface area contributed by atoms with Crippen LogP contribution >= 0.6 is 0 Å². The van der Waals surface area contributed by atoms with Crippen LogP contribution in [0, 0.1) is 0 Å². The minimum Gasteiger partial charge on any atom is -0.465 e. The zero-order valence-corrected chi connectivity index (χ0v) is 10.9. The lowest BCUT2D eigenvalue weighted by Crippen LogP contribution is -2.26. The Morgan fingerprint density at radius 1 is 1.11 bits per heavy atom. The molecule has 0 amide bonds. The summed E-state index contributed by atoms with van der Waals surface area (Å²) in [6, 6.07) is 9.55. The van der Waals surface area contributed by atoms with Crippen LogP contribution in [-0.2, 0) is 19.1 Å². The Kier molecular flexibility index (Phi) is 5.36. The predicted octanol–water partition coefficient (Wildman–Crippen LogP) is 2.28. The molecule has 0 heterocycles. The van der Waals surface area contributed by atoms with Gasteiger partial charge in [0.15, 0.2) is 0 Å². The third-order valence-electron chi connectivity index (χ3n) is 2.61. The molecule has 0 saturated heterocycles. The monoisotopic (exact) mass is 250 g/mol. The third-order valence-corrected chi connectivity index (χ3v) is 2.61. The molecule has 0 spiro atoms. The highest BCUT2D eigenvalue weighted by Crippen LogP contribution is 2.22. The van der Waals surface area contributed by atoms with Crippen LogP contribution in [0.1, 0.15) is 32.3 Å². The van der Waals surface area contributed by atoms with E-state index in [0.29, 0.717) is 0 Å². The van der Waals surface area contributed by atoms with Gasteiger partial charge in [0.05, 0.1) is 5.92 Å². The molecule has 0 fully saturated rings. The van der Waals surface area contributed by atoms with E-state index < -0.39 is 0 Å². The summed E-state index contributed by atoms with van der Waals surface area (Å²) >= 11 is 0. The van der Waals surface area contributed by atoms with Gasteiger partial charge in [-0.1, -0.05) is 30.3 Å². The van der Waals surface area contributed by atoms with Gasteiger partial charge in [-0.2, -0.15) is 0 Å². The van der Waals surface area contributed by atoms with Crippen molar-refractivity contribution in [3.8, 4) is 0 Å². The summed E-state index contributed by atoms with van der Waals surface area (Å²) in [5.74, 6) is -0.837. The lowest BCUT2D eigenvalue weighted by Gasteiger charge is -2.23. The Hall–Kier alpha value is -1.84. The van der Waals surface area contributed by atoms with Gasteiger partial charge in [-0.3, -0.25) is 9.59 Å². The van der Waals surface area contributed by atoms with Crippen LogP contribution in [0.4, 0.5) is 0 Å².